The van der Waals surface area contributed by atoms with Crippen molar-refractivity contribution in [1.29, 1.82) is 0 Å². The van der Waals surface area contributed by atoms with E-state index in [4.69, 9.17) is 16.3 Å². The van der Waals surface area contributed by atoms with Gasteiger partial charge in [-0.2, -0.15) is 0 Å². The predicted octanol–water partition coefficient (Wildman–Crippen LogP) is 2.62. The van der Waals surface area contributed by atoms with Crippen LogP contribution in [0.15, 0.2) is 24.3 Å². The Balaban J connectivity index is 1.60. The Kier molecular flexibility index (Phi) is 4.10. The molecule has 2 aliphatic heterocycles. The Labute approximate surface area is 147 Å². The fourth-order valence-corrected chi connectivity index (χ4v) is 4.83. The Morgan fingerprint density at radius 3 is 2.67 bits per heavy atom. The van der Waals surface area contributed by atoms with Crippen LogP contribution in [0, 0.1) is 11.3 Å². The quantitative estimate of drug-likeness (QED) is 0.912. The summed E-state index contributed by atoms with van der Waals surface area (Å²) in [5, 5.41) is 10.6. The van der Waals surface area contributed by atoms with E-state index in [-0.39, 0.29) is 17.9 Å². The molecule has 2 saturated heterocycles. The lowest BCUT2D eigenvalue weighted by Crippen LogP contribution is -2.51. The van der Waals surface area contributed by atoms with Crippen molar-refractivity contribution < 1.29 is 14.6 Å². The molecule has 3 fully saturated rings. The molecule has 1 N–H and O–H groups in total. The van der Waals surface area contributed by atoms with Crippen LogP contribution in [0.4, 0.5) is 0 Å². The minimum absolute atomic E-state index is 0.0927. The van der Waals surface area contributed by atoms with Crippen molar-refractivity contribution in [2.45, 2.75) is 31.1 Å². The molecule has 2 atom stereocenters. The Morgan fingerprint density at radius 2 is 2.08 bits per heavy atom. The zero-order valence-corrected chi connectivity index (χ0v) is 14.6. The van der Waals surface area contributed by atoms with Crippen LogP contribution in [-0.2, 0) is 14.9 Å². The molecule has 4 rings (SSSR count). The summed E-state index contributed by atoms with van der Waals surface area (Å²) in [6, 6.07) is 7.73. The van der Waals surface area contributed by atoms with Crippen molar-refractivity contribution in [3.05, 3.63) is 34.9 Å². The molecule has 5 heteroatoms. The van der Waals surface area contributed by atoms with Crippen LogP contribution in [0.1, 0.15) is 31.2 Å². The third kappa shape index (κ3) is 2.39. The number of rotatable bonds is 3. The number of halogens is 1. The molecule has 2 heterocycles. The van der Waals surface area contributed by atoms with Gasteiger partial charge < -0.3 is 14.7 Å². The normalized spacial score (nSPS) is 31.4. The average Bonchev–Trinajstić information content (AvgIpc) is 2.95. The van der Waals surface area contributed by atoms with Crippen LogP contribution in [0.2, 0.25) is 5.02 Å². The van der Waals surface area contributed by atoms with Gasteiger partial charge in [0.15, 0.2) is 0 Å². The lowest BCUT2D eigenvalue weighted by atomic mass is 9.63. The molecule has 1 aromatic carbocycles. The van der Waals surface area contributed by atoms with Crippen molar-refractivity contribution in [2.24, 2.45) is 11.3 Å². The second-order valence-electron chi connectivity index (χ2n) is 7.69. The van der Waals surface area contributed by atoms with Crippen LogP contribution in [0.3, 0.4) is 0 Å². The van der Waals surface area contributed by atoms with Crippen LogP contribution in [-0.4, -0.2) is 48.8 Å². The molecule has 0 unspecified atom stereocenters. The molecule has 0 spiro atoms. The van der Waals surface area contributed by atoms with E-state index in [9.17, 15) is 9.90 Å². The average molecular weight is 350 g/mol. The van der Waals surface area contributed by atoms with Gasteiger partial charge in [-0.3, -0.25) is 4.79 Å². The first-order valence-electron chi connectivity index (χ1n) is 8.84. The second kappa shape index (κ2) is 6.01. The van der Waals surface area contributed by atoms with Gasteiger partial charge in [0.2, 0.25) is 5.91 Å². The highest BCUT2D eigenvalue weighted by Crippen LogP contribution is 2.48. The highest BCUT2D eigenvalue weighted by atomic mass is 35.5. The minimum Gasteiger partial charge on any atom is -0.396 e. The van der Waals surface area contributed by atoms with E-state index in [0.717, 1.165) is 44.4 Å². The molecule has 1 saturated carbocycles. The molecule has 3 aliphatic rings. The molecule has 130 valence electrons. The summed E-state index contributed by atoms with van der Waals surface area (Å²) in [7, 11) is 0. The molecule has 24 heavy (non-hydrogen) atoms. The number of aliphatic hydroxyl groups excluding tert-OH is 1. The summed E-state index contributed by atoms with van der Waals surface area (Å²) in [5.74, 6) is 0.570. The molecular formula is C19H24ClNO3. The maximum absolute atomic E-state index is 13.4. The highest BCUT2D eigenvalue weighted by molar-refractivity contribution is 6.30. The van der Waals surface area contributed by atoms with Gasteiger partial charge in [0, 0.05) is 30.1 Å². The van der Waals surface area contributed by atoms with Gasteiger partial charge in [0.1, 0.15) is 0 Å². The van der Waals surface area contributed by atoms with Gasteiger partial charge in [0.05, 0.1) is 18.6 Å². The Morgan fingerprint density at radius 1 is 1.33 bits per heavy atom. The molecule has 1 aromatic rings. The summed E-state index contributed by atoms with van der Waals surface area (Å²) in [5.41, 5.74) is 0.418. The second-order valence-corrected chi connectivity index (χ2v) is 8.12. The van der Waals surface area contributed by atoms with Gasteiger partial charge in [-0.15, -0.1) is 0 Å². The van der Waals surface area contributed by atoms with E-state index in [1.54, 1.807) is 0 Å². The van der Waals surface area contributed by atoms with E-state index >= 15 is 0 Å². The lowest BCUT2D eigenvalue weighted by Gasteiger charge is -2.43. The number of hydrogen-bond acceptors (Lipinski definition) is 3. The van der Waals surface area contributed by atoms with E-state index in [0.29, 0.717) is 24.1 Å². The number of benzene rings is 1. The molecule has 1 amide bonds. The van der Waals surface area contributed by atoms with Crippen LogP contribution in [0.5, 0.6) is 0 Å². The fraction of sp³-hybridized carbons (Fsp3) is 0.632. The number of amides is 1. The molecular weight excluding hydrogens is 326 g/mol. The minimum atomic E-state index is -0.393. The third-order valence-electron chi connectivity index (χ3n) is 6.43. The van der Waals surface area contributed by atoms with Gasteiger partial charge >= 0.3 is 0 Å². The van der Waals surface area contributed by atoms with Crippen LogP contribution in [0.25, 0.3) is 0 Å². The number of carbonyl (C=O) groups excluding carboxylic acids is 1. The molecule has 0 bridgehead atoms. The van der Waals surface area contributed by atoms with Gasteiger partial charge in [-0.25, -0.2) is 0 Å². The van der Waals surface area contributed by atoms with Gasteiger partial charge in [-0.05, 0) is 42.9 Å². The van der Waals surface area contributed by atoms with Gasteiger partial charge in [0.25, 0.3) is 0 Å². The van der Waals surface area contributed by atoms with Crippen molar-refractivity contribution in [1.82, 2.24) is 4.90 Å². The number of aliphatic hydroxyl groups is 1. The zero-order valence-electron chi connectivity index (χ0n) is 13.8. The summed E-state index contributed by atoms with van der Waals surface area (Å²) < 4.78 is 5.62. The monoisotopic (exact) mass is 349 g/mol. The third-order valence-corrected chi connectivity index (χ3v) is 6.68. The van der Waals surface area contributed by atoms with Crippen LogP contribution >= 0.6 is 11.6 Å². The first kappa shape index (κ1) is 16.4. The van der Waals surface area contributed by atoms with Crippen molar-refractivity contribution in [2.75, 3.05) is 32.9 Å². The Hall–Kier alpha value is -1.10. The summed E-state index contributed by atoms with van der Waals surface area (Å²) in [6.45, 7) is 2.75. The molecule has 0 aromatic heterocycles. The number of nitrogens with zero attached hydrogens (tertiary/aromatic N) is 1. The number of likely N-dealkylation sites (tertiary alicyclic amines) is 1. The first-order chi connectivity index (χ1) is 11.6. The standard InChI is InChI=1S/C19H24ClNO3/c20-16-4-2-14(3-5-16)19(7-1-8-19)17(23)21-10-15-6-9-24-13-18(15,11-21)12-22/h2-5,15,22H,1,6-13H2/t15-,18+/m0/s1. The molecule has 4 nitrogen and oxygen atoms in total. The smallest absolute Gasteiger partial charge is 0.233 e. The van der Waals surface area contributed by atoms with Gasteiger partial charge in [-0.1, -0.05) is 30.2 Å². The van der Waals surface area contributed by atoms with E-state index in [2.05, 4.69) is 0 Å². The fourth-order valence-electron chi connectivity index (χ4n) is 4.70. The number of carbonyl (C=O) groups is 1. The topological polar surface area (TPSA) is 49.8 Å². The zero-order chi connectivity index (χ0) is 16.8. The van der Waals surface area contributed by atoms with Crippen molar-refractivity contribution in [3.8, 4) is 0 Å². The first-order valence-corrected chi connectivity index (χ1v) is 9.22. The summed E-state index contributed by atoms with van der Waals surface area (Å²) >= 11 is 6.01. The van der Waals surface area contributed by atoms with Crippen LogP contribution < -0.4 is 0 Å². The lowest BCUT2D eigenvalue weighted by molar-refractivity contribution is -0.140. The molecule has 1 aliphatic carbocycles. The number of fused-ring (bicyclic) bond motifs is 1. The van der Waals surface area contributed by atoms with Crippen molar-refractivity contribution in [3.63, 3.8) is 0 Å². The van der Waals surface area contributed by atoms with E-state index < -0.39 is 5.41 Å². The predicted molar refractivity (Wildman–Crippen MR) is 92.0 cm³/mol. The molecule has 0 radical (unpaired) electrons. The Bertz CT molecular complexity index is 628. The largest absolute Gasteiger partial charge is 0.396 e. The number of hydrogen-bond donors (Lipinski definition) is 1. The maximum Gasteiger partial charge on any atom is 0.233 e. The van der Waals surface area contributed by atoms with E-state index in [1.165, 1.54) is 0 Å². The van der Waals surface area contributed by atoms with Crippen molar-refractivity contribution >= 4 is 17.5 Å². The highest BCUT2D eigenvalue weighted by Gasteiger charge is 2.54. The number of ether oxygens (including phenoxy) is 1. The van der Waals surface area contributed by atoms with E-state index in [1.807, 2.05) is 29.2 Å². The summed E-state index contributed by atoms with van der Waals surface area (Å²) in [6.07, 6.45) is 3.81. The maximum atomic E-state index is 13.4. The SMILES string of the molecule is O=C(N1C[C@@H]2CCOC[C@]2(CO)C1)C1(c2ccc(Cl)cc2)CCC1. The summed E-state index contributed by atoms with van der Waals surface area (Å²) in [4.78, 5) is 15.4.